The first-order chi connectivity index (χ1) is 27.5. The summed E-state index contributed by atoms with van der Waals surface area (Å²) in [7, 11) is 0. The van der Waals surface area contributed by atoms with Crippen LogP contribution in [0.2, 0.25) is 0 Å². The minimum atomic E-state index is 0.778. The summed E-state index contributed by atoms with van der Waals surface area (Å²) in [5.41, 5.74) is 1.79. The number of hydrogen-bond donors (Lipinski definition) is 0. The lowest BCUT2D eigenvalue weighted by molar-refractivity contribution is 0.420. The predicted molar refractivity (Wildman–Crippen MR) is 228 cm³/mol. The summed E-state index contributed by atoms with van der Waals surface area (Å²) < 4.78 is 17.2. The largest absolute Gasteiger partial charge is 0.473 e. The van der Waals surface area contributed by atoms with Crippen molar-refractivity contribution in [3.8, 4) is 0 Å². The van der Waals surface area contributed by atoms with E-state index in [1.54, 1.807) is 103 Å². The average molecular weight is 797 g/mol. The van der Waals surface area contributed by atoms with E-state index in [2.05, 4.69) is 87.6 Å². The number of thiophene rings is 1. The molecule has 6 aromatic heterocycles. The average Bonchev–Trinajstić information content (AvgIpc) is 4.11. The number of nitrogens with zero attached hydrogens (tertiary/aromatic N) is 10. The molecule has 286 valence electrons. The maximum Gasteiger partial charge on any atom is 0.180 e. The molecule has 55 heavy (non-hydrogen) atoms. The first kappa shape index (κ1) is 46.7. The van der Waals surface area contributed by atoms with Gasteiger partial charge in [0.05, 0.1) is 43.5 Å². The molecular weight excluding hydrogens is 753 g/mol. The quantitative estimate of drug-likeness (QED) is 0.147. The molecular formula is C39H44N10O3S3. The lowest BCUT2D eigenvalue weighted by Crippen LogP contribution is -1.60. The number of aromatic nitrogens is 4. The Bertz CT molecular complexity index is 1290. The number of oxazole rings is 1. The highest BCUT2D eigenvalue weighted by atomic mass is 32.1. The van der Waals surface area contributed by atoms with Gasteiger partial charge in [0.2, 0.25) is 0 Å². The van der Waals surface area contributed by atoms with Crippen molar-refractivity contribution in [1.29, 1.82) is 0 Å². The molecule has 0 spiro atoms. The van der Waals surface area contributed by atoms with Crippen molar-refractivity contribution in [3.63, 3.8) is 0 Å². The lowest BCUT2D eigenvalue weighted by Gasteiger charge is -1.60. The topological polar surface area (TPSA) is 165 Å². The van der Waals surface area contributed by atoms with E-state index >= 15 is 0 Å². The fourth-order valence-electron chi connectivity index (χ4n) is 2.63. The molecule has 11 rings (SSSR count). The van der Waals surface area contributed by atoms with Gasteiger partial charge in [0.25, 0.3) is 0 Å². The Morgan fingerprint density at radius 1 is 0.545 bits per heavy atom. The van der Waals surface area contributed by atoms with Gasteiger partial charge in [-0.1, -0.05) is 53.7 Å². The van der Waals surface area contributed by atoms with Gasteiger partial charge in [0.15, 0.2) is 6.39 Å². The van der Waals surface area contributed by atoms with E-state index in [4.69, 9.17) is 0 Å². The minimum absolute atomic E-state index is 0.778. The Hall–Kier alpha value is -6.36. The molecule has 0 aromatic carbocycles. The molecule has 0 amide bonds. The summed E-state index contributed by atoms with van der Waals surface area (Å²) in [5.74, 6) is 0. The Labute approximate surface area is 334 Å². The van der Waals surface area contributed by atoms with Gasteiger partial charge in [-0.2, -0.15) is 31.8 Å². The van der Waals surface area contributed by atoms with Gasteiger partial charge in [-0.15, -0.1) is 11.3 Å². The summed E-state index contributed by atoms with van der Waals surface area (Å²) in [5, 5.41) is 25.5. The van der Waals surface area contributed by atoms with E-state index < -0.39 is 0 Å². The summed E-state index contributed by atoms with van der Waals surface area (Å²) >= 11 is 4.78. The van der Waals surface area contributed by atoms with Crippen molar-refractivity contribution in [2.24, 2.45) is 30.4 Å². The van der Waals surface area contributed by atoms with Gasteiger partial charge >= 0.3 is 0 Å². The van der Waals surface area contributed by atoms with Crippen LogP contribution in [0, 0.1) is 0 Å². The summed E-state index contributed by atoms with van der Waals surface area (Å²) in [4.78, 5) is 14.9. The summed E-state index contributed by atoms with van der Waals surface area (Å²) in [6, 6.07) is 11.3. The Balaban J connectivity index is 0.000000302. The van der Waals surface area contributed by atoms with E-state index in [9.17, 15) is 0 Å². The number of azo groups is 1. The fourth-order valence-corrected chi connectivity index (χ4v) is 3.79. The third-order valence-electron chi connectivity index (χ3n) is 4.85. The van der Waals surface area contributed by atoms with Gasteiger partial charge in [-0.25, -0.2) is 9.36 Å². The van der Waals surface area contributed by atoms with E-state index in [0.717, 1.165) is 32.4 Å². The second-order valence-corrected chi connectivity index (χ2v) is 11.2. The molecule has 4 aliphatic heterocycles. The molecule has 0 fully saturated rings. The van der Waals surface area contributed by atoms with Gasteiger partial charge in [-0.3, -0.25) is 15.0 Å². The van der Waals surface area contributed by atoms with Crippen LogP contribution in [0.5, 0.6) is 0 Å². The van der Waals surface area contributed by atoms with Crippen LogP contribution in [0.3, 0.4) is 0 Å². The number of aliphatic imine (C=N–C) groups is 2. The zero-order valence-electron chi connectivity index (χ0n) is 30.1. The Morgan fingerprint density at radius 3 is 1.60 bits per heavy atom. The number of thiazole rings is 1. The standard InChI is InChI=1S/C5H6.2C4H5N.C4H4O.C4H4S.2C3H4N2.2C3H3NO.2C3H3NS/c7*1-2-4-5-3-1;1-2-5-3-4-1;1-2-4-5-3-1;1-2-5-3-4-1;1-2-4-5-3-1/h1-4H,5H2;1,3-4H,2H2;1-3H,4H2;2*1-4H;2-3H,1H2;1-2H,3H2;4*1-3H. The van der Waals surface area contributed by atoms with Gasteiger partial charge in [-0.05, 0) is 65.1 Å². The van der Waals surface area contributed by atoms with Crippen LogP contribution < -0.4 is 0 Å². The van der Waals surface area contributed by atoms with Crippen molar-refractivity contribution in [2.75, 3.05) is 13.1 Å². The first-order valence-electron chi connectivity index (χ1n) is 16.5. The molecule has 10 heterocycles. The van der Waals surface area contributed by atoms with Crippen LogP contribution in [0.15, 0.2) is 224 Å². The second-order valence-electron chi connectivity index (χ2n) is 8.96. The summed E-state index contributed by atoms with van der Waals surface area (Å²) in [6.07, 6.45) is 44.4. The molecule has 6 aromatic rings. The molecule has 0 saturated carbocycles. The van der Waals surface area contributed by atoms with Crippen molar-refractivity contribution in [2.45, 2.75) is 19.3 Å². The first-order valence-corrected chi connectivity index (χ1v) is 19.2. The highest BCUT2D eigenvalue weighted by molar-refractivity contribution is 7.07. The van der Waals surface area contributed by atoms with Crippen molar-refractivity contribution in [3.05, 3.63) is 181 Å². The van der Waals surface area contributed by atoms with Crippen LogP contribution in [0.1, 0.15) is 19.3 Å². The molecule has 1 aliphatic carbocycles. The predicted octanol–water partition coefficient (Wildman–Crippen LogP) is 11.2. The summed E-state index contributed by atoms with van der Waals surface area (Å²) in [6.45, 7) is 1.67. The van der Waals surface area contributed by atoms with Crippen LogP contribution in [0.4, 0.5) is 0 Å². The fraction of sp³-hybridized carbons (Fsp3) is 0.128. The zero-order valence-corrected chi connectivity index (χ0v) is 32.5. The normalized spacial score (nSPS) is 12.4. The van der Waals surface area contributed by atoms with Crippen molar-refractivity contribution < 1.29 is 13.4 Å². The molecule has 0 saturated heterocycles. The zero-order chi connectivity index (χ0) is 38.9. The van der Waals surface area contributed by atoms with Crippen LogP contribution in [0.25, 0.3) is 0 Å². The number of hydrogen-bond acceptors (Lipinski definition) is 16. The Kier molecular flexibility index (Phi) is 37.2. The van der Waals surface area contributed by atoms with E-state index in [0.29, 0.717) is 0 Å². The molecule has 0 bridgehead atoms. The third-order valence-corrected chi connectivity index (χ3v) is 6.53. The lowest BCUT2D eigenvalue weighted by atomic mass is 10.5. The van der Waals surface area contributed by atoms with Gasteiger partial charge in [0.1, 0.15) is 12.5 Å². The SMILES string of the molecule is C1=CCC=C1.C1=CCN=C1.C1=CN=CC1.C1=CN=NC1.C1=NN=CC1.c1ccoc1.c1ccsc1.c1cnoc1.c1cnsc1.c1cocn1.c1cscn1. The van der Waals surface area contributed by atoms with E-state index in [-0.39, 0.29) is 0 Å². The van der Waals surface area contributed by atoms with E-state index in [1.807, 2.05) is 82.4 Å². The van der Waals surface area contributed by atoms with Crippen LogP contribution in [-0.4, -0.2) is 57.4 Å². The molecule has 0 N–H and O–H groups in total. The van der Waals surface area contributed by atoms with Gasteiger partial charge in [0, 0.05) is 73.3 Å². The van der Waals surface area contributed by atoms with Crippen LogP contribution >= 0.6 is 34.2 Å². The number of allylic oxidation sites excluding steroid dienone is 6. The van der Waals surface area contributed by atoms with Crippen molar-refractivity contribution >= 4 is 59.1 Å². The smallest absolute Gasteiger partial charge is 0.180 e. The van der Waals surface area contributed by atoms with Crippen molar-refractivity contribution in [1.82, 2.24) is 19.5 Å². The van der Waals surface area contributed by atoms with E-state index in [1.165, 1.54) is 30.5 Å². The molecule has 0 unspecified atom stereocenters. The minimum Gasteiger partial charge on any atom is -0.473 e. The monoisotopic (exact) mass is 796 g/mol. The number of furan rings is 1. The molecule has 13 nitrogen and oxygen atoms in total. The highest BCUT2D eigenvalue weighted by Gasteiger charge is 1.76. The molecule has 5 aliphatic rings. The highest BCUT2D eigenvalue weighted by Crippen LogP contribution is 1.93. The Morgan fingerprint density at radius 2 is 1.40 bits per heavy atom. The third kappa shape index (κ3) is 41.9. The van der Waals surface area contributed by atoms with Crippen LogP contribution in [-0.2, 0) is 0 Å². The molecule has 0 atom stereocenters. The van der Waals surface area contributed by atoms with Gasteiger partial charge < -0.3 is 13.4 Å². The molecule has 0 radical (unpaired) electrons. The maximum atomic E-state index is 4.58. The second kappa shape index (κ2) is 43.8. The number of rotatable bonds is 0. The molecule has 16 heteroatoms. The maximum absolute atomic E-state index is 4.58.